The molecule has 0 aromatic heterocycles. The van der Waals surface area contributed by atoms with Crippen molar-refractivity contribution in [1.29, 1.82) is 0 Å². The predicted molar refractivity (Wildman–Crippen MR) is 61.9 cm³/mol. The Balaban J connectivity index is 2.25. The number of hydrogen-bond acceptors (Lipinski definition) is 2. The highest BCUT2D eigenvalue weighted by atomic mass is 35.5. The zero-order valence-electron chi connectivity index (χ0n) is 7.46. The first-order valence-electron chi connectivity index (χ1n) is 4.39. The molecule has 72 valence electrons. The molecule has 0 saturated carbocycles. The molecular formula is C10H14ClNS. The average Bonchev–Trinajstić information content (AvgIpc) is 2.15. The van der Waals surface area contributed by atoms with Gasteiger partial charge in [-0.25, -0.2) is 0 Å². The minimum atomic E-state index is 0.798. The third-order valence-electron chi connectivity index (χ3n) is 1.79. The molecule has 0 heterocycles. The lowest BCUT2D eigenvalue weighted by Gasteiger charge is -2.02. The molecule has 1 N–H and O–H groups in total. The number of hydrogen-bond donors (Lipinski definition) is 2. The van der Waals surface area contributed by atoms with Crippen LogP contribution < -0.4 is 5.32 Å². The van der Waals surface area contributed by atoms with Gasteiger partial charge in [-0.2, -0.15) is 12.6 Å². The van der Waals surface area contributed by atoms with Gasteiger partial charge in [-0.1, -0.05) is 23.7 Å². The Morgan fingerprint density at radius 1 is 1.15 bits per heavy atom. The van der Waals surface area contributed by atoms with Crippen molar-refractivity contribution in [3.63, 3.8) is 0 Å². The smallest absolute Gasteiger partial charge is 0.0406 e. The van der Waals surface area contributed by atoms with Gasteiger partial charge in [0.1, 0.15) is 0 Å². The lowest BCUT2D eigenvalue weighted by atomic mass is 10.1. The largest absolute Gasteiger partial charge is 0.316 e. The zero-order chi connectivity index (χ0) is 9.52. The van der Waals surface area contributed by atoms with Crippen LogP contribution in [0, 0.1) is 0 Å². The highest BCUT2D eigenvalue weighted by Gasteiger charge is 1.92. The molecule has 0 saturated heterocycles. The summed E-state index contributed by atoms with van der Waals surface area (Å²) in [6, 6.07) is 7.97. The first kappa shape index (κ1) is 10.9. The van der Waals surface area contributed by atoms with Crippen molar-refractivity contribution in [2.75, 3.05) is 18.8 Å². The molecule has 0 radical (unpaired) electrons. The van der Waals surface area contributed by atoms with Crippen LogP contribution in [0.15, 0.2) is 24.3 Å². The van der Waals surface area contributed by atoms with Gasteiger partial charge >= 0.3 is 0 Å². The van der Waals surface area contributed by atoms with Crippen molar-refractivity contribution in [3.8, 4) is 0 Å². The van der Waals surface area contributed by atoms with Gasteiger partial charge in [0.2, 0.25) is 0 Å². The lowest BCUT2D eigenvalue weighted by Crippen LogP contribution is -2.19. The lowest BCUT2D eigenvalue weighted by molar-refractivity contribution is 0.722. The van der Waals surface area contributed by atoms with Crippen molar-refractivity contribution in [2.45, 2.75) is 6.42 Å². The van der Waals surface area contributed by atoms with E-state index in [0.717, 1.165) is 30.3 Å². The second-order valence-corrected chi connectivity index (χ2v) is 3.73. The van der Waals surface area contributed by atoms with E-state index in [1.54, 1.807) is 0 Å². The normalized spacial score (nSPS) is 10.3. The molecule has 3 heteroatoms. The summed E-state index contributed by atoms with van der Waals surface area (Å²) in [5, 5.41) is 4.09. The van der Waals surface area contributed by atoms with Crippen molar-refractivity contribution in [2.24, 2.45) is 0 Å². The zero-order valence-corrected chi connectivity index (χ0v) is 9.11. The summed E-state index contributed by atoms with van der Waals surface area (Å²) < 4.78 is 0. The highest BCUT2D eigenvalue weighted by molar-refractivity contribution is 7.80. The third kappa shape index (κ3) is 4.55. The van der Waals surface area contributed by atoms with Gasteiger partial charge in [0.25, 0.3) is 0 Å². The van der Waals surface area contributed by atoms with Crippen LogP contribution in [-0.2, 0) is 6.42 Å². The molecule has 0 unspecified atom stereocenters. The van der Waals surface area contributed by atoms with Crippen LogP contribution in [0.3, 0.4) is 0 Å². The standard InChI is InChI=1S/C10H14ClNS/c11-10-3-1-9(2-4-10)5-6-12-7-8-13/h1-4,12-13H,5-8H2. The first-order chi connectivity index (χ1) is 6.33. The van der Waals surface area contributed by atoms with Crippen molar-refractivity contribution < 1.29 is 0 Å². The SMILES string of the molecule is SCCNCCc1ccc(Cl)cc1. The van der Waals surface area contributed by atoms with Gasteiger partial charge in [0, 0.05) is 17.3 Å². The minimum Gasteiger partial charge on any atom is -0.316 e. The fourth-order valence-electron chi connectivity index (χ4n) is 1.09. The molecule has 13 heavy (non-hydrogen) atoms. The molecule has 0 fully saturated rings. The topological polar surface area (TPSA) is 12.0 Å². The van der Waals surface area contributed by atoms with E-state index in [4.69, 9.17) is 11.6 Å². The second kappa shape index (κ2) is 6.30. The van der Waals surface area contributed by atoms with Gasteiger partial charge in [-0.15, -0.1) is 0 Å². The van der Waals surface area contributed by atoms with Crippen molar-refractivity contribution in [1.82, 2.24) is 5.32 Å². The summed E-state index contributed by atoms with van der Waals surface area (Å²) >= 11 is 9.88. The average molecular weight is 216 g/mol. The predicted octanol–water partition coefficient (Wildman–Crippen LogP) is 2.40. The van der Waals surface area contributed by atoms with E-state index >= 15 is 0 Å². The van der Waals surface area contributed by atoms with E-state index in [2.05, 4.69) is 30.1 Å². The van der Waals surface area contributed by atoms with Crippen LogP contribution >= 0.6 is 24.2 Å². The molecule has 0 aliphatic carbocycles. The van der Waals surface area contributed by atoms with Crippen LogP contribution in [0.5, 0.6) is 0 Å². The molecule has 0 spiro atoms. The maximum Gasteiger partial charge on any atom is 0.0406 e. The Kier molecular flexibility index (Phi) is 5.28. The first-order valence-corrected chi connectivity index (χ1v) is 5.40. The molecule has 0 atom stereocenters. The number of benzene rings is 1. The Morgan fingerprint density at radius 3 is 2.46 bits per heavy atom. The summed E-state index contributed by atoms with van der Waals surface area (Å²) in [6.45, 7) is 1.97. The quantitative estimate of drug-likeness (QED) is 0.568. The molecule has 1 aromatic carbocycles. The molecule has 1 nitrogen and oxygen atoms in total. The summed E-state index contributed by atoms with van der Waals surface area (Å²) in [6.07, 6.45) is 1.05. The summed E-state index contributed by atoms with van der Waals surface area (Å²) in [7, 11) is 0. The van der Waals surface area contributed by atoms with Gasteiger partial charge < -0.3 is 5.32 Å². The summed E-state index contributed by atoms with van der Waals surface area (Å²) in [4.78, 5) is 0. The van der Waals surface area contributed by atoms with E-state index in [1.165, 1.54) is 5.56 Å². The van der Waals surface area contributed by atoms with Crippen LogP contribution in [0.25, 0.3) is 0 Å². The summed E-state index contributed by atoms with van der Waals surface area (Å²) in [5.74, 6) is 0.890. The van der Waals surface area contributed by atoms with Gasteiger partial charge in [0.05, 0.1) is 0 Å². The number of thiol groups is 1. The molecule has 1 aromatic rings. The van der Waals surface area contributed by atoms with Gasteiger partial charge in [-0.3, -0.25) is 0 Å². The highest BCUT2D eigenvalue weighted by Crippen LogP contribution is 2.09. The van der Waals surface area contributed by atoms with E-state index in [-0.39, 0.29) is 0 Å². The van der Waals surface area contributed by atoms with Crippen LogP contribution in [0.2, 0.25) is 5.02 Å². The maximum atomic E-state index is 5.77. The van der Waals surface area contributed by atoms with E-state index < -0.39 is 0 Å². The van der Waals surface area contributed by atoms with Crippen LogP contribution in [0.4, 0.5) is 0 Å². The van der Waals surface area contributed by atoms with Gasteiger partial charge in [0.15, 0.2) is 0 Å². The Hall–Kier alpha value is -0.180. The number of halogens is 1. The maximum absolute atomic E-state index is 5.77. The number of rotatable bonds is 5. The molecule has 0 aliphatic rings. The van der Waals surface area contributed by atoms with Crippen molar-refractivity contribution in [3.05, 3.63) is 34.9 Å². The fourth-order valence-corrected chi connectivity index (χ4v) is 1.37. The van der Waals surface area contributed by atoms with Gasteiger partial charge in [-0.05, 0) is 30.7 Å². The van der Waals surface area contributed by atoms with Crippen molar-refractivity contribution >= 4 is 24.2 Å². The molecule has 0 bridgehead atoms. The number of nitrogens with one attached hydrogen (secondary N) is 1. The summed E-state index contributed by atoms with van der Waals surface area (Å²) in [5.41, 5.74) is 1.32. The fraction of sp³-hybridized carbons (Fsp3) is 0.400. The van der Waals surface area contributed by atoms with E-state index in [0.29, 0.717) is 0 Å². The molecule has 1 rings (SSSR count). The van der Waals surface area contributed by atoms with Crippen LogP contribution in [0.1, 0.15) is 5.56 Å². The monoisotopic (exact) mass is 215 g/mol. The molecule has 0 aliphatic heterocycles. The van der Waals surface area contributed by atoms with E-state index in [1.807, 2.05) is 12.1 Å². The minimum absolute atomic E-state index is 0.798. The Labute approximate surface area is 89.9 Å². The second-order valence-electron chi connectivity index (χ2n) is 2.85. The Bertz CT molecular complexity index is 235. The molecule has 0 amide bonds. The molecular weight excluding hydrogens is 202 g/mol. The third-order valence-corrected chi connectivity index (χ3v) is 2.27. The van der Waals surface area contributed by atoms with Crippen LogP contribution in [-0.4, -0.2) is 18.8 Å². The Morgan fingerprint density at radius 2 is 1.85 bits per heavy atom. The van der Waals surface area contributed by atoms with E-state index in [9.17, 15) is 0 Å².